The van der Waals surface area contributed by atoms with Crippen molar-refractivity contribution in [1.82, 2.24) is 5.32 Å². The Kier molecular flexibility index (Phi) is 5.14. The van der Waals surface area contributed by atoms with E-state index in [0.29, 0.717) is 12.1 Å². The Bertz CT molecular complexity index is 817. The zero-order valence-corrected chi connectivity index (χ0v) is 15.2. The molecule has 0 spiro atoms. The highest BCUT2D eigenvalue weighted by Crippen LogP contribution is 2.30. The molecular formula is C19H19NO2S2. The Balaban J connectivity index is 1.64. The normalized spacial score (nSPS) is 12.1. The van der Waals surface area contributed by atoms with Crippen molar-refractivity contribution in [1.29, 1.82) is 0 Å². The van der Waals surface area contributed by atoms with Crippen LogP contribution in [-0.4, -0.2) is 11.0 Å². The molecule has 1 amide bonds. The first kappa shape index (κ1) is 16.9. The minimum absolute atomic E-state index is 0.0736. The lowest BCUT2D eigenvalue weighted by Crippen LogP contribution is -2.22. The maximum absolute atomic E-state index is 12.3. The monoisotopic (exact) mass is 357 g/mol. The van der Waals surface area contributed by atoms with Crippen LogP contribution in [0.3, 0.4) is 0 Å². The number of aliphatic hydroxyl groups excluding tert-OH is 1. The summed E-state index contributed by atoms with van der Waals surface area (Å²) >= 11 is 3.06. The maximum Gasteiger partial charge on any atom is 0.251 e. The van der Waals surface area contributed by atoms with Gasteiger partial charge < -0.3 is 10.4 Å². The Morgan fingerprint density at radius 3 is 2.54 bits per heavy atom. The van der Waals surface area contributed by atoms with Crippen molar-refractivity contribution in [3.63, 3.8) is 0 Å². The van der Waals surface area contributed by atoms with E-state index in [2.05, 4.69) is 5.32 Å². The molecule has 2 heterocycles. The molecule has 3 rings (SSSR count). The van der Waals surface area contributed by atoms with E-state index in [-0.39, 0.29) is 5.91 Å². The van der Waals surface area contributed by atoms with Crippen LogP contribution >= 0.6 is 22.7 Å². The number of benzene rings is 1. The van der Waals surface area contributed by atoms with E-state index in [9.17, 15) is 9.90 Å². The fourth-order valence-electron chi connectivity index (χ4n) is 2.60. The van der Waals surface area contributed by atoms with Gasteiger partial charge in [0.2, 0.25) is 0 Å². The van der Waals surface area contributed by atoms with Gasteiger partial charge in [0.1, 0.15) is 6.10 Å². The molecular weight excluding hydrogens is 338 g/mol. The molecule has 0 aliphatic heterocycles. The number of aliphatic hydroxyl groups is 1. The van der Waals surface area contributed by atoms with E-state index in [0.717, 1.165) is 25.8 Å². The number of nitrogens with one attached hydrogen (secondary N) is 1. The number of rotatable bonds is 5. The van der Waals surface area contributed by atoms with Crippen molar-refractivity contribution >= 4 is 28.6 Å². The van der Waals surface area contributed by atoms with Gasteiger partial charge in [-0.15, -0.1) is 22.7 Å². The molecule has 24 heavy (non-hydrogen) atoms. The summed E-state index contributed by atoms with van der Waals surface area (Å²) in [6.07, 6.45) is -0.584. The van der Waals surface area contributed by atoms with Crippen molar-refractivity contribution < 1.29 is 9.90 Å². The smallest absolute Gasteiger partial charge is 0.251 e. The summed E-state index contributed by atoms with van der Waals surface area (Å²) < 4.78 is 0. The molecule has 2 aromatic heterocycles. The van der Waals surface area contributed by atoms with E-state index in [1.807, 2.05) is 61.7 Å². The van der Waals surface area contributed by atoms with Gasteiger partial charge in [-0.3, -0.25) is 4.79 Å². The van der Waals surface area contributed by atoms with Gasteiger partial charge in [0.25, 0.3) is 5.91 Å². The number of carbonyl (C=O) groups excluding carboxylic acids is 1. The summed E-state index contributed by atoms with van der Waals surface area (Å²) in [5, 5.41) is 15.2. The van der Waals surface area contributed by atoms with Crippen molar-refractivity contribution in [3.8, 4) is 0 Å². The summed E-state index contributed by atoms with van der Waals surface area (Å²) in [7, 11) is 0. The molecule has 124 valence electrons. The van der Waals surface area contributed by atoms with Crippen molar-refractivity contribution in [2.75, 3.05) is 0 Å². The zero-order chi connectivity index (χ0) is 17.1. The Morgan fingerprint density at radius 2 is 1.88 bits per heavy atom. The van der Waals surface area contributed by atoms with Crippen LogP contribution in [0.1, 0.15) is 42.2 Å². The van der Waals surface area contributed by atoms with Crippen LogP contribution in [0.15, 0.2) is 47.8 Å². The van der Waals surface area contributed by atoms with E-state index in [4.69, 9.17) is 0 Å². The largest absolute Gasteiger partial charge is 0.382 e. The molecule has 5 heteroatoms. The number of aryl methyl sites for hydroxylation is 2. The van der Waals surface area contributed by atoms with Gasteiger partial charge in [0, 0.05) is 20.2 Å². The van der Waals surface area contributed by atoms with Crippen LogP contribution in [-0.2, 0) is 6.54 Å². The molecule has 0 fully saturated rings. The standard InChI is InChI=1S/C19H19NO2S2/c1-12-8-13(2)10-14(9-12)19(22)20-11-15-5-6-17(24-15)18(21)16-4-3-7-23-16/h3-10,18,21H,11H2,1-2H3,(H,20,22). The molecule has 1 aromatic carbocycles. The SMILES string of the molecule is Cc1cc(C)cc(C(=O)NCc2ccc(C(O)c3cccs3)s2)c1. The molecule has 0 bridgehead atoms. The van der Waals surface area contributed by atoms with Crippen LogP contribution < -0.4 is 5.32 Å². The molecule has 1 unspecified atom stereocenters. The van der Waals surface area contributed by atoms with E-state index < -0.39 is 6.10 Å². The first-order chi connectivity index (χ1) is 11.5. The lowest BCUT2D eigenvalue weighted by molar-refractivity contribution is 0.0951. The first-order valence-electron chi connectivity index (χ1n) is 7.69. The van der Waals surface area contributed by atoms with Gasteiger partial charge in [-0.05, 0) is 49.6 Å². The second-order valence-electron chi connectivity index (χ2n) is 5.78. The van der Waals surface area contributed by atoms with Crippen molar-refractivity contribution in [3.05, 3.63) is 79.2 Å². The molecule has 3 nitrogen and oxygen atoms in total. The molecule has 3 aromatic rings. The number of hydrogen-bond donors (Lipinski definition) is 2. The average Bonchev–Trinajstić information content (AvgIpc) is 3.22. The van der Waals surface area contributed by atoms with Crippen LogP contribution in [0.25, 0.3) is 0 Å². The summed E-state index contributed by atoms with van der Waals surface area (Å²) in [6.45, 7) is 4.44. The van der Waals surface area contributed by atoms with Crippen LogP contribution in [0.5, 0.6) is 0 Å². The second-order valence-corrected chi connectivity index (χ2v) is 7.96. The molecule has 0 aliphatic rings. The van der Waals surface area contributed by atoms with Gasteiger partial charge in [-0.2, -0.15) is 0 Å². The number of carbonyl (C=O) groups is 1. The lowest BCUT2D eigenvalue weighted by atomic mass is 10.1. The fourth-order valence-corrected chi connectivity index (χ4v) is 4.36. The molecule has 0 aliphatic carbocycles. The molecule has 0 radical (unpaired) electrons. The first-order valence-corrected chi connectivity index (χ1v) is 9.39. The molecule has 0 saturated carbocycles. The third kappa shape index (κ3) is 3.93. The number of thiophene rings is 2. The van der Waals surface area contributed by atoms with E-state index in [1.54, 1.807) is 11.3 Å². The van der Waals surface area contributed by atoms with Gasteiger partial charge >= 0.3 is 0 Å². The topological polar surface area (TPSA) is 49.3 Å². The van der Waals surface area contributed by atoms with Crippen molar-refractivity contribution in [2.24, 2.45) is 0 Å². The van der Waals surface area contributed by atoms with E-state index >= 15 is 0 Å². The fraction of sp³-hybridized carbons (Fsp3) is 0.211. The summed E-state index contributed by atoms with van der Waals surface area (Å²) in [5.74, 6) is -0.0736. The molecule has 2 N–H and O–H groups in total. The summed E-state index contributed by atoms with van der Waals surface area (Å²) in [5.41, 5.74) is 2.85. The highest BCUT2D eigenvalue weighted by Gasteiger charge is 2.14. The zero-order valence-electron chi connectivity index (χ0n) is 13.6. The Labute approximate surface area is 149 Å². The predicted octanol–water partition coefficient (Wildman–Crippen LogP) is 4.44. The van der Waals surface area contributed by atoms with Gasteiger partial charge in [-0.25, -0.2) is 0 Å². The van der Waals surface area contributed by atoms with Gasteiger partial charge in [0.05, 0.1) is 6.54 Å². The summed E-state index contributed by atoms with van der Waals surface area (Å²) in [4.78, 5) is 15.2. The van der Waals surface area contributed by atoms with Crippen molar-refractivity contribution in [2.45, 2.75) is 26.5 Å². The third-order valence-electron chi connectivity index (χ3n) is 3.67. The van der Waals surface area contributed by atoms with E-state index in [1.165, 1.54) is 11.3 Å². The maximum atomic E-state index is 12.3. The minimum Gasteiger partial charge on any atom is -0.382 e. The molecule has 1 atom stereocenters. The number of hydrogen-bond acceptors (Lipinski definition) is 4. The molecule has 0 saturated heterocycles. The summed E-state index contributed by atoms with van der Waals surface area (Å²) in [6, 6.07) is 13.6. The van der Waals surface area contributed by atoms with Crippen LogP contribution in [0.2, 0.25) is 0 Å². The Morgan fingerprint density at radius 1 is 1.12 bits per heavy atom. The van der Waals surface area contributed by atoms with Crippen LogP contribution in [0, 0.1) is 13.8 Å². The Hall–Kier alpha value is -1.95. The second kappa shape index (κ2) is 7.30. The average molecular weight is 358 g/mol. The minimum atomic E-state index is -0.584. The van der Waals surface area contributed by atoms with Gasteiger partial charge in [-0.1, -0.05) is 23.3 Å². The lowest BCUT2D eigenvalue weighted by Gasteiger charge is -2.07. The van der Waals surface area contributed by atoms with Crippen LogP contribution in [0.4, 0.5) is 0 Å². The number of amides is 1. The quantitative estimate of drug-likeness (QED) is 0.709. The third-order valence-corrected chi connectivity index (χ3v) is 5.73. The highest BCUT2D eigenvalue weighted by molar-refractivity contribution is 7.12. The van der Waals surface area contributed by atoms with Gasteiger partial charge in [0.15, 0.2) is 0 Å². The predicted molar refractivity (Wildman–Crippen MR) is 99.8 cm³/mol. The highest BCUT2D eigenvalue weighted by atomic mass is 32.1.